The van der Waals surface area contributed by atoms with E-state index >= 15 is 0 Å². The van der Waals surface area contributed by atoms with Gasteiger partial charge in [-0.25, -0.2) is 16.8 Å². The highest BCUT2D eigenvalue weighted by atomic mass is 35.5. The Balaban J connectivity index is 2.59. The second-order valence-corrected chi connectivity index (χ2v) is 12.7. The average molecular weight is 507 g/mol. The first-order valence-electron chi connectivity index (χ1n) is 9.04. The van der Waals surface area contributed by atoms with Crippen LogP contribution in [0.15, 0.2) is 17.0 Å². The van der Waals surface area contributed by atoms with E-state index in [0.717, 1.165) is 12.1 Å². The van der Waals surface area contributed by atoms with Gasteiger partial charge in [0, 0.05) is 13.1 Å². The number of hydrogen-bond donors (Lipinski definition) is 2. The van der Waals surface area contributed by atoms with E-state index in [1.54, 1.807) is 0 Å². The van der Waals surface area contributed by atoms with Crippen molar-refractivity contribution in [2.75, 3.05) is 34.8 Å². The molecule has 14 heteroatoms. The summed E-state index contributed by atoms with van der Waals surface area (Å²) in [5, 5.41) is 10.2. The van der Waals surface area contributed by atoms with Crippen molar-refractivity contribution in [1.29, 1.82) is 0 Å². The first kappa shape index (κ1) is 25.7. The van der Waals surface area contributed by atoms with Gasteiger partial charge in [-0.1, -0.05) is 11.6 Å². The third kappa shape index (κ3) is 5.10. The molecule has 176 valence electrons. The molecule has 1 aromatic rings. The molecule has 1 aliphatic heterocycles. The third-order valence-corrected chi connectivity index (χ3v) is 9.08. The zero-order valence-corrected chi connectivity index (χ0v) is 19.2. The molecule has 0 bridgehead atoms. The molecule has 1 saturated heterocycles. The van der Waals surface area contributed by atoms with Gasteiger partial charge in [-0.05, 0) is 32.9 Å². The Morgan fingerprint density at radius 1 is 1.23 bits per heavy atom. The number of nitrogens with zero attached hydrogens (tertiary/aromatic N) is 1. The molecule has 0 unspecified atom stereocenters. The third-order valence-electron chi connectivity index (χ3n) is 4.91. The summed E-state index contributed by atoms with van der Waals surface area (Å²) in [6.07, 6.45) is -5.27. The van der Waals surface area contributed by atoms with Gasteiger partial charge in [0.1, 0.15) is 0 Å². The molecule has 2 rings (SSSR count). The fourth-order valence-corrected chi connectivity index (χ4v) is 5.59. The summed E-state index contributed by atoms with van der Waals surface area (Å²) in [5.41, 5.74) is -4.20. The molecule has 2 N–H and O–H groups in total. The van der Waals surface area contributed by atoms with Crippen molar-refractivity contribution in [1.82, 2.24) is 0 Å². The van der Waals surface area contributed by atoms with Crippen LogP contribution in [0.5, 0.6) is 0 Å². The molecule has 1 heterocycles. The summed E-state index contributed by atoms with van der Waals surface area (Å²) in [6, 6.07) is 2.10. The minimum atomic E-state index is -5.27. The maximum atomic E-state index is 13.0. The van der Waals surface area contributed by atoms with Crippen LogP contribution in [0.3, 0.4) is 0 Å². The largest absolute Gasteiger partial charge is 0.426 e. The Morgan fingerprint density at radius 2 is 1.74 bits per heavy atom. The molecule has 0 aliphatic carbocycles. The average Bonchev–Trinajstić information content (AvgIpc) is 2.62. The molecule has 1 atom stereocenters. The van der Waals surface area contributed by atoms with Gasteiger partial charge in [0.2, 0.25) is 5.60 Å². The van der Waals surface area contributed by atoms with E-state index in [1.807, 2.05) is 5.32 Å². The maximum Gasteiger partial charge on any atom is 0.426 e. The van der Waals surface area contributed by atoms with Crippen LogP contribution in [0.1, 0.15) is 20.8 Å². The van der Waals surface area contributed by atoms with Gasteiger partial charge in [0.25, 0.3) is 5.91 Å². The zero-order valence-electron chi connectivity index (χ0n) is 16.8. The predicted molar refractivity (Wildman–Crippen MR) is 110 cm³/mol. The van der Waals surface area contributed by atoms with Gasteiger partial charge in [-0.3, -0.25) is 4.79 Å². The van der Waals surface area contributed by atoms with Gasteiger partial charge in [0.15, 0.2) is 19.7 Å². The number of carbonyl (C=O) groups is 1. The van der Waals surface area contributed by atoms with Gasteiger partial charge in [-0.15, -0.1) is 0 Å². The predicted octanol–water partition coefficient (Wildman–Crippen LogP) is 2.01. The maximum absolute atomic E-state index is 13.0. The number of amides is 1. The summed E-state index contributed by atoms with van der Waals surface area (Å²) in [6.45, 7) is 2.92. The van der Waals surface area contributed by atoms with Crippen molar-refractivity contribution in [2.24, 2.45) is 0 Å². The van der Waals surface area contributed by atoms with Gasteiger partial charge >= 0.3 is 6.18 Å². The van der Waals surface area contributed by atoms with Crippen LogP contribution < -0.4 is 10.2 Å². The SMILES string of the molecule is CC(C)S(=O)(=O)c1ccc(NC(=O)[C@@](C)(O)C(F)(F)F)c(Cl)c1N1CCS(=O)(=O)CC1. The first-order chi connectivity index (χ1) is 13.9. The highest BCUT2D eigenvalue weighted by Gasteiger charge is 2.56. The Kier molecular flexibility index (Phi) is 6.97. The number of anilines is 2. The van der Waals surface area contributed by atoms with E-state index in [2.05, 4.69) is 0 Å². The Labute approximate surface area is 183 Å². The number of carbonyl (C=O) groups excluding carboxylic acids is 1. The van der Waals surface area contributed by atoms with Crippen LogP contribution in [0.2, 0.25) is 5.02 Å². The minimum absolute atomic E-state index is 0.0969. The summed E-state index contributed by atoms with van der Waals surface area (Å²) in [4.78, 5) is 13.2. The van der Waals surface area contributed by atoms with E-state index in [-0.39, 0.29) is 52.8 Å². The molecule has 8 nitrogen and oxygen atoms in total. The van der Waals surface area contributed by atoms with Crippen LogP contribution in [0.25, 0.3) is 0 Å². The fourth-order valence-electron chi connectivity index (χ4n) is 2.73. The number of sulfone groups is 2. The topological polar surface area (TPSA) is 121 Å². The Hall–Kier alpha value is -1.57. The highest BCUT2D eigenvalue weighted by molar-refractivity contribution is 7.92. The van der Waals surface area contributed by atoms with Crippen molar-refractivity contribution in [2.45, 2.75) is 42.7 Å². The van der Waals surface area contributed by atoms with Gasteiger partial charge in [0.05, 0.1) is 38.0 Å². The molecule has 1 aliphatic rings. The van der Waals surface area contributed by atoms with Crippen LogP contribution >= 0.6 is 11.6 Å². The molecule has 0 radical (unpaired) electrons. The second-order valence-electron chi connectivity index (χ2n) is 7.53. The van der Waals surface area contributed by atoms with Gasteiger partial charge < -0.3 is 15.3 Å². The van der Waals surface area contributed by atoms with Crippen LogP contribution in [-0.4, -0.2) is 69.5 Å². The van der Waals surface area contributed by atoms with E-state index in [0.29, 0.717) is 0 Å². The quantitative estimate of drug-likeness (QED) is 0.626. The monoisotopic (exact) mass is 506 g/mol. The number of alkyl halides is 3. The smallest absolute Gasteiger partial charge is 0.373 e. The molecule has 0 spiro atoms. The second kappa shape index (κ2) is 8.41. The number of hydrogen-bond acceptors (Lipinski definition) is 7. The van der Waals surface area contributed by atoms with Crippen molar-refractivity contribution >= 4 is 48.6 Å². The van der Waals surface area contributed by atoms with E-state index in [4.69, 9.17) is 11.6 Å². The molecular weight excluding hydrogens is 485 g/mol. The lowest BCUT2D eigenvalue weighted by molar-refractivity contribution is -0.242. The van der Waals surface area contributed by atoms with Crippen LogP contribution in [0, 0.1) is 0 Å². The van der Waals surface area contributed by atoms with Crippen LogP contribution in [0.4, 0.5) is 24.5 Å². The summed E-state index contributed by atoms with van der Waals surface area (Å²) < 4.78 is 88.0. The number of rotatable bonds is 5. The Morgan fingerprint density at radius 3 is 2.19 bits per heavy atom. The van der Waals surface area contributed by atoms with Crippen molar-refractivity contribution < 1.29 is 39.9 Å². The summed E-state index contributed by atoms with van der Waals surface area (Å²) in [5.74, 6) is -2.36. The zero-order chi connectivity index (χ0) is 24.0. The van der Waals surface area contributed by atoms with E-state index in [1.165, 1.54) is 18.7 Å². The Bertz CT molecular complexity index is 1070. The number of benzene rings is 1. The molecule has 31 heavy (non-hydrogen) atoms. The number of nitrogens with one attached hydrogen (secondary N) is 1. The molecule has 0 saturated carbocycles. The molecule has 1 amide bonds. The van der Waals surface area contributed by atoms with Gasteiger partial charge in [-0.2, -0.15) is 13.2 Å². The van der Waals surface area contributed by atoms with E-state index < -0.39 is 42.6 Å². The normalized spacial score (nSPS) is 19.2. The highest BCUT2D eigenvalue weighted by Crippen LogP contribution is 2.41. The van der Waals surface area contributed by atoms with E-state index in [9.17, 15) is 39.9 Å². The van der Waals surface area contributed by atoms with Crippen molar-refractivity contribution in [3.05, 3.63) is 17.2 Å². The first-order valence-corrected chi connectivity index (χ1v) is 12.8. The lowest BCUT2D eigenvalue weighted by Crippen LogP contribution is -2.52. The lowest BCUT2D eigenvalue weighted by atomic mass is 10.1. The standard InChI is InChI=1S/C17H22ClF3N2O6S2/c1-10(2)31(28,29)12-5-4-11(22-15(24)16(3,25)17(19,20)21)13(18)14(12)23-6-8-30(26,27)9-7-23/h4-5,10,25H,6-9H2,1-3H3,(H,22,24)/t16-/m1/s1. The molecule has 1 aromatic carbocycles. The number of halogens is 4. The lowest BCUT2D eigenvalue weighted by Gasteiger charge is -2.32. The summed E-state index contributed by atoms with van der Waals surface area (Å²) >= 11 is 6.30. The molecule has 1 fully saturated rings. The van der Waals surface area contributed by atoms with Crippen molar-refractivity contribution in [3.8, 4) is 0 Å². The minimum Gasteiger partial charge on any atom is -0.373 e. The molecule has 0 aromatic heterocycles. The fraction of sp³-hybridized carbons (Fsp3) is 0.588. The van der Waals surface area contributed by atoms with Crippen LogP contribution in [-0.2, 0) is 24.5 Å². The van der Waals surface area contributed by atoms with Crippen molar-refractivity contribution in [3.63, 3.8) is 0 Å². The molecular formula is C17H22ClF3N2O6S2. The summed E-state index contributed by atoms with van der Waals surface area (Å²) in [7, 11) is -7.25. The number of aliphatic hydroxyl groups is 1.